The van der Waals surface area contributed by atoms with Gasteiger partial charge in [0.25, 0.3) is 5.91 Å². The number of carbonyl (C=O) groups excluding carboxylic acids is 1. The van der Waals surface area contributed by atoms with E-state index in [-0.39, 0.29) is 10.5 Å². The Hall–Kier alpha value is -1.74. The van der Waals surface area contributed by atoms with Crippen LogP contribution in [-0.4, -0.2) is 37.4 Å². The molecule has 1 amide bonds. The third-order valence-corrected chi connectivity index (χ3v) is 7.08. The highest BCUT2D eigenvalue weighted by molar-refractivity contribution is 7.89. The van der Waals surface area contributed by atoms with Crippen LogP contribution in [-0.2, 0) is 10.0 Å². The smallest absolute Gasteiger partial charge is 0.267 e. The molecule has 2 rings (SSSR count). The first kappa shape index (κ1) is 20.6. The van der Waals surface area contributed by atoms with Gasteiger partial charge >= 0.3 is 0 Å². The standard InChI is InChI=1S/C17H20ClN3O3S2/c1-4-21(5-2)26(23,24)14-8-6-7-13(11-14)17(22)20-19-12(3)15-9-10-16(18)25-15/h6-11H,4-5H2,1-3H3,(H,20,22)/b19-12-. The third kappa shape index (κ3) is 4.70. The fourth-order valence-electron chi connectivity index (χ4n) is 2.27. The van der Waals surface area contributed by atoms with E-state index in [0.717, 1.165) is 4.88 Å². The van der Waals surface area contributed by atoms with Crippen LogP contribution in [0.5, 0.6) is 0 Å². The van der Waals surface area contributed by atoms with Crippen molar-refractivity contribution in [2.75, 3.05) is 13.1 Å². The summed E-state index contributed by atoms with van der Waals surface area (Å²) in [5, 5.41) is 4.05. The zero-order chi connectivity index (χ0) is 19.3. The van der Waals surface area contributed by atoms with E-state index in [4.69, 9.17) is 11.6 Å². The Kier molecular flexibility index (Phi) is 6.94. The number of amides is 1. The zero-order valence-corrected chi connectivity index (χ0v) is 17.1. The maximum absolute atomic E-state index is 12.6. The number of hydrazone groups is 1. The van der Waals surface area contributed by atoms with Gasteiger partial charge in [-0.2, -0.15) is 9.41 Å². The van der Waals surface area contributed by atoms with Crippen LogP contribution in [0.2, 0.25) is 4.34 Å². The number of sulfonamides is 1. The highest BCUT2D eigenvalue weighted by atomic mass is 35.5. The van der Waals surface area contributed by atoms with Crippen molar-refractivity contribution in [1.82, 2.24) is 9.73 Å². The lowest BCUT2D eigenvalue weighted by molar-refractivity contribution is 0.0954. The number of halogens is 1. The van der Waals surface area contributed by atoms with E-state index in [1.165, 1.54) is 27.8 Å². The number of nitrogens with zero attached hydrogens (tertiary/aromatic N) is 2. The van der Waals surface area contributed by atoms with E-state index in [2.05, 4.69) is 10.5 Å². The largest absolute Gasteiger partial charge is 0.271 e. The second kappa shape index (κ2) is 8.77. The first-order chi connectivity index (χ1) is 12.3. The zero-order valence-electron chi connectivity index (χ0n) is 14.7. The minimum Gasteiger partial charge on any atom is -0.267 e. The summed E-state index contributed by atoms with van der Waals surface area (Å²) in [5.41, 5.74) is 3.28. The minimum absolute atomic E-state index is 0.0830. The molecule has 0 aliphatic heterocycles. The van der Waals surface area contributed by atoms with E-state index < -0.39 is 15.9 Å². The van der Waals surface area contributed by atoms with Crippen molar-refractivity contribution in [3.8, 4) is 0 Å². The molecular weight excluding hydrogens is 394 g/mol. The number of nitrogens with one attached hydrogen (secondary N) is 1. The molecule has 1 aromatic carbocycles. The first-order valence-corrected chi connectivity index (χ1v) is 10.6. The van der Waals surface area contributed by atoms with Crippen LogP contribution >= 0.6 is 22.9 Å². The second-order valence-corrected chi connectivity index (χ2v) is 9.01. The molecule has 140 valence electrons. The van der Waals surface area contributed by atoms with Gasteiger partial charge in [-0.15, -0.1) is 11.3 Å². The van der Waals surface area contributed by atoms with Gasteiger partial charge in [-0.3, -0.25) is 4.79 Å². The van der Waals surface area contributed by atoms with Gasteiger partial charge in [0.2, 0.25) is 10.0 Å². The number of benzene rings is 1. The average Bonchev–Trinajstić information content (AvgIpc) is 3.07. The predicted molar refractivity (Wildman–Crippen MR) is 106 cm³/mol. The molecule has 0 radical (unpaired) electrons. The number of hydrogen-bond donors (Lipinski definition) is 1. The van der Waals surface area contributed by atoms with Crippen molar-refractivity contribution in [1.29, 1.82) is 0 Å². The summed E-state index contributed by atoms with van der Waals surface area (Å²) in [6.07, 6.45) is 0. The molecule has 26 heavy (non-hydrogen) atoms. The molecule has 0 saturated heterocycles. The Morgan fingerprint density at radius 2 is 1.92 bits per heavy atom. The third-order valence-electron chi connectivity index (χ3n) is 3.69. The number of thiophene rings is 1. The van der Waals surface area contributed by atoms with Gasteiger partial charge in [-0.1, -0.05) is 31.5 Å². The molecule has 0 unspecified atom stereocenters. The Bertz CT molecular complexity index is 919. The van der Waals surface area contributed by atoms with Crippen LogP contribution in [0.25, 0.3) is 0 Å². The summed E-state index contributed by atoms with van der Waals surface area (Å²) in [5.74, 6) is -0.483. The van der Waals surface area contributed by atoms with Crippen LogP contribution in [0.4, 0.5) is 0 Å². The normalized spacial score (nSPS) is 12.4. The molecule has 1 heterocycles. The van der Waals surface area contributed by atoms with Crippen LogP contribution in [0.1, 0.15) is 36.0 Å². The lowest BCUT2D eigenvalue weighted by Gasteiger charge is -2.18. The Balaban J connectivity index is 2.20. The number of rotatable bonds is 7. The molecule has 1 aromatic heterocycles. The summed E-state index contributed by atoms with van der Waals surface area (Å²) in [6, 6.07) is 9.49. The van der Waals surface area contributed by atoms with Crippen LogP contribution in [0, 0.1) is 0 Å². The van der Waals surface area contributed by atoms with Gasteiger partial charge in [0, 0.05) is 18.7 Å². The monoisotopic (exact) mass is 413 g/mol. The van der Waals surface area contributed by atoms with Crippen LogP contribution < -0.4 is 5.43 Å². The van der Waals surface area contributed by atoms with E-state index in [1.807, 2.05) is 6.07 Å². The predicted octanol–water partition coefficient (Wildman–Crippen LogP) is 3.59. The lowest BCUT2D eigenvalue weighted by Crippen LogP contribution is -2.30. The van der Waals surface area contributed by atoms with Gasteiger partial charge in [0.05, 0.1) is 19.8 Å². The van der Waals surface area contributed by atoms with Crippen molar-refractivity contribution < 1.29 is 13.2 Å². The number of carbonyl (C=O) groups is 1. The van der Waals surface area contributed by atoms with Gasteiger partial charge in [-0.05, 0) is 37.3 Å². The molecular formula is C17H20ClN3O3S2. The molecule has 6 nitrogen and oxygen atoms in total. The van der Waals surface area contributed by atoms with Crippen molar-refractivity contribution >= 4 is 44.6 Å². The molecule has 0 spiro atoms. The van der Waals surface area contributed by atoms with Gasteiger partial charge in [0.1, 0.15) is 0 Å². The Labute approximate surface area is 162 Å². The SMILES string of the molecule is CCN(CC)S(=O)(=O)c1cccc(C(=O)N/N=C(/C)c2ccc(Cl)s2)c1. The second-order valence-electron chi connectivity index (χ2n) is 5.36. The highest BCUT2D eigenvalue weighted by Crippen LogP contribution is 2.22. The average molecular weight is 414 g/mol. The summed E-state index contributed by atoms with van der Waals surface area (Å²) < 4.78 is 27.1. The molecule has 0 bridgehead atoms. The fourth-order valence-corrected chi connectivity index (χ4v) is 4.77. The van der Waals surface area contributed by atoms with E-state index >= 15 is 0 Å². The van der Waals surface area contributed by atoms with E-state index in [9.17, 15) is 13.2 Å². The molecule has 0 atom stereocenters. The van der Waals surface area contributed by atoms with E-state index in [1.54, 1.807) is 39.0 Å². The van der Waals surface area contributed by atoms with Crippen molar-refractivity contribution in [3.63, 3.8) is 0 Å². The van der Waals surface area contributed by atoms with Crippen molar-refractivity contribution in [2.45, 2.75) is 25.7 Å². The van der Waals surface area contributed by atoms with Gasteiger partial charge < -0.3 is 0 Å². The van der Waals surface area contributed by atoms with Crippen molar-refractivity contribution in [2.24, 2.45) is 5.10 Å². The first-order valence-electron chi connectivity index (χ1n) is 8.00. The summed E-state index contributed by atoms with van der Waals surface area (Å²) >= 11 is 7.24. The molecule has 1 N–H and O–H groups in total. The molecule has 0 saturated carbocycles. The molecule has 0 aliphatic rings. The lowest BCUT2D eigenvalue weighted by atomic mass is 10.2. The summed E-state index contributed by atoms with van der Waals surface area (Å²) in [7, 11) is -3.62. The quantitative estimate of drug-likeness (QED) is 0.556. The molecule has 0 aliphatic carbocycles. The van der Waals surface area contributed by atoms with Crippen LogP contribution in [0.15, 0.2) is 46.4 Å². The topological polar surface area (TPSA) is 78.8 Å². The van der Waals surface area contributed by atoms with E-state index in [0.29, 0.717) is 23.1 Å². The van der Waals surface area contributed by atoms with Crippen molar-refractivity contribution in [3.05, 3.63) is 51.2 Å². The fraction of sp³-hybridized carbons (Fsp3) is 0.294. The summed E-state index contributed by atoms with van der Waals surface area (Å²) in [4.78, 5) is 13.2. The van der Waals surface area contributed by atoms with Gasteiger partial charge in [0.15, 0.2) is 0 Å². The molecule has 0 fully saturated rings. The maximum Gasteiger partial charge on any atom is 0.271 e. The molecule has 2 aromatic rings. The summed E-state index contributed by atoms with van der Waals surface area (Å²) in [6.45, 7) is 6.02. The molecule has 9 heteroatoms. The highest BCUT2D eigenvalue weighted by Gasteiger charge is 2.22. The minimum atomic E-state index is -3.62. The maximum atomic E-state index is 12.6. The number of hydrogen-bond acceptors (Lipinski definition) is 5. The van der Waals surface area contributed by atoms with Gasteiger partial charge in [-0.25, -0.2) is 13.8 Å². The van der Waals surface area contributed by atoms with Crippen LogP contribution in [0.3, 0.4) is 0 Å². The Morgan fingerprint density at radius 1 is 1.23 bits per heavy atom. The Morgan fingerprint density at radius 3 is 2.50 bits per heavy atom.